The maximum atomic E-state index is 13.2. The maximum Gasteiger partial charge on any atom is 0.272 e. The first-order chi connectivity index (χ1) is 19.4. The number of nitrogens with zero attached hydrogens (tertiary/aromatic N) is 7. The van der Waals surface area contributed by atoms with Gasteiger partial charge in [0.15, 0.2) is 5.65 Å². The third-order valence-corrected chi connectivity index (χ3v) is 7.86. The van der Waals surface area contributed by atoms with Gasteiger partial charge in [-0.15, -0.1) is 0 Å². The van der Waals surface area contributed by atoms with Crippen LogP contribution in [0.15, 0.2) is 48.9 Å². The van der Waals surface area contributed by atoms with Crippen molar-refractivity contribution in [2.24, 2.45) is 7.05 Å². The first-order valence-electron chi connectivity index (χ1n) is 13.5. The summed E-state index contributed by atoms with van der Waals surface area (Å²) in [7, 11) is 3.42. The van der Waals surface area contributed by atoms with Crippen molar-refractivity contribution in [3.63, 3.8) is 0 Å². The van der Waals surface area contributed by atoms with E-state index in [1.165, 1.54) is 6.33 Å². The number of likely N-dealkylation sites (tertiary alicyclic amines) is 1. The SMILES string of the molecule is COc1cc(-c2nn(C3CCN(C(C)C)CC3)c3ncnc(N)c23)ccc1NC(=O)c1cc2ncccc2n1C. The van der Waals surface area contributed by atoms with Gasteiger partial charge in [-0.05, 0) is 57.0 Å². The van der Waals surface area contributed by atoms with Crippen LogP contribution in [-0.2, 0) is 7.05 Å². The van der Waals surface area contributed by atoms with E-state index in [9.17, 15) is 4.79 Å². The average Bonchev–Trinajstić information content (AvgIpc) is 3.52. The fourth-order valence-electron chi connectivity index (χ4n) is 5.60. The number of piperidine rings is 1. The summed E-state index contributed by atoms with van der Waals surface area (Å²) in [6, 6.07) is 11.9. The highest BCUT2D eigenvalue weighted by atomic mass is 16.5. The summed E-state index contributed by atoms with van der Waals surface area (Å²) in [4.78, 5) is 28.9. The molecule has 40 heavy (non-hydrogen) atoms. The normalized spacial score (nSPS) is 14.8. The first kappa shape index (κ1) is 25.8. The highest BCUT2D eigenvalue weighted by Crippen LogP contribution is 2.37. The third-order valence-electron chi connectivity index (χ3n) is 7.86. The van der Waals surface area contributed by atoms with Gasteiger partial charge in [0.2, 0.25) is 0 Å². The zero-order valence-electron chi connectivity index (χ0n) is 23.1. The average molecular weight is 540 g/mol. The van der Waals surface area contributed by atoms with Gasteiger partial charge in [0.1, 0.15) is 29.3 Å². The summed E-state index contributed by atoms with van der Waals surface area (Å²) in [5.41, 5.74) is 11.3. The molecule has 0 unspecified atom stereocenters. The van der Waals surface area contributed by atoms with Gasteiger partial charge in [-0.2, -0.15) is 5.10 Å². The number of nitrogens with two attached hydrogens (primary N) is 1. The lowest BCUT2D eigenvalue weighted by Gasteiger charge is -2.34. The Kier molecular flexibility index (Phi) is 6.59. The van der Waals surface area contributed by atoms with E-state index in [0.29, 0.717) is 34.7 Å². The Morgan fingerprint density at radius 1 is 1.12 bits per heavy atom. The van der Waals surface area contributed by atoms with E-state index < -0.39 is 0 Å². The Bertz CT molecular complexity index is 1710. The predicted molar refractivity (Wildman–Crippen MR) is 155 cm³/mol. The van der Waals surface area contributed by atoms with Crippen molar-refractivity contribution in [2.45, 2.75) is 38.8 Å². The van der Waals surface area contributed by atoms with Gasteiger partial charge in [-0.3, -0.25) is 9.78 Å². The van der Waals surface area contributed by atoms with Crippen LogP contribution in [0.25, 0.3) is 33.3 Å². The lowest BCUT2D eigenvalue weighted by Crippen LogP contribution is -2.39. The number of carbonyl (C=O) groups excluding carboxylic acids is 1. The molecule has 11 nitrogen and oxygen atoms in total. The van der Waals surface area contributed by atoms with Crippen LogP contribution in [0.2, 0.25) is 0 Å². The van der Waals surface area contributed by atoms with Crippen LogP contribution in [0, 0.1) is 0 Å². The number of hydrogen-bond donors (Lipinski definition) is 2. The number of methoxy groups -OCH3 is 1. The Morgan fingerprint density at radius 3 is 2.65 bits per heavy atom. The number of rotatable bonds is 6. The van der Waals surface area contributed by atoms with Gasteiger partial charge in [-0.1, -0.05) is 6.07 Å². The Hall–Kier alpha value is -4.51. The summed E-state index contributed by atoms with van der Waals surface area (Å²) in [5, 5.41) is 8.73. The molecule has 5 heterocycles. The summed E-state index contributed by atoms with van der Waals surface area (Å²) >= 11 is 0. The number of anilines is 2. The number of aromatic nitrogens is 6. The van der Waals surface area contributed by atoms with E-state index in [1.54, 1.807) is 19.4 Å². The van der Waals surface area contributed by atoms with Crippen LogP contribution in [0.3, 0.4) is 0 Å². The van der Waals surface area contributed by atoms with Crippen molar-refractivity contribution in [3.05, 3.63) is 54.6 Å². The molecule has 206 valence electrons. The number of ether oxygens (including phenoxy) is 1. The molecule has 3 N–H and O–H groups in total. The molecular formula is C29H33N9O2. The van der Waals surface area contributed by atoms with E-state index in [0.717, 1.165) is 53.6 Å². The number of amides is 1. The molecule has 1 fully saturated rings. The van der Waals surface area contributed by atoms with Gasteiger partial charge < -0.3 is 25.3 Å². The molecule has 11 heteroatoms. The third kappa shape index (κ3) is 4.41. The van der Waals surface area contributed by atoms with Gasteiger partial charge in [0, 0.05) is 37.9 Å². The van der Waals surface area contributed by atoms with Gasteiger partial charge in [0.05, 0.1) is 35.3 Å². The molecule has 0 aliphatic carbocycles. The van der Waals surface area contributed by atoms with E-state index >= 15 is 0 Å². The number of hydrogen-bond acceptors (Lipinski definition) is 8. The number of nitrogen functional groups attached to an aromatic ring is 1. The lowest BCUT2D eigenvalue weighted by molar-refractivity contribution is 0.101. The van der Waals surface area contributed by atoms with E-state index in [1.807, 2.05) is 46.6 Å². The molecule has 1 saturated heterocycles. The summed E-state index contributed by atoms with van der Waals surface area (Å²) in [5.74, 6) is 0.629. The van der Waals surface area contributed by atoms with Crippen molar-refractivity contribution in [1.29, 1.82) is 0 Å². The molecule has 1 aliphatic rings. The molecule has 0 spiro atoms. The molecule has 0 radical (unpaired) electrons. The van der Waals surface area contributed by atoms with Gasteiger partial charge >= 0.3 is 0 Å². The number of nitrogens with one attached hydrogen (secondary N) is 1. The van der Waals surface area contributed by atoms with Crippen LogP contribution < -0.4 is 15.8 Å². The standard InChI is InChI=1S/C29H33N9O2/c1-17(2)37-12-9-19(10-13-37)38-28-25(27(30)32-16-33-28)26(35-38)18-7-8-20(24(14-18)40-4)34-29(39)23-15-21-22(36(23)3)6-5-11-31-21/h5-8,11,14-17,19H,9-10,12-13H2,1-4H3,(H,34,39)(H2,30,32,33). The monoisotopic (exact) mass is 539 g/mol. The highest BCUT2D eigenvalue weighted by Gasteiger charge is 2.27. The topological polar surface area (TPSA) is 129 Å². The van der Waals surface area contributed by atoms with Crippen LogP contribution >= 0.6 is 0 Å². The minimum atomic E-state index is -0.258. The Balaban J connectivity index is 1.33. The smallest absolute Gasteiger partial charge is 0.272 e. The summed E-state index contributed by atoms with van der Waals surface area (Å²) in [6.07, 6.45) is 5.17. The maximum absolute atomic E-state index is 13.2. The number of aryl methyl sites for hydroxylation is 1. The summed E-state index contributed by atoms with van der Waals surface area (Å²) < 4.78 is 9.53. The predicted octanol–water partition coefficient (Wildman–Crippen LogP) is 4.27. The second-order valence-corrected chi connectivity index (χ2v) is 10.5. The number of pyridine rings is 1. The molecule has 1 amide bonds. The van der Waals surface area contributed by atoms with E-state index in [-0.39, 0.29) is 11.9 Å². The van der Waals surface area contributed by atoms with E-state index in [2.05, 4.69) is 39.0 Å². The van der Waals surface area contributed by atoms with Gasteiger partial charge in [-0.25, -0.2) is 14.6 Å². The number of carbonyl (C=O) groups is 1. The summed E-state index contributed by atoms with van der Waals surface area (Å²) in [6.45, 7) is 6.48. The van der Waals surface area contributed by atoms with Gasteiger partial charge in [0.25, 0.3) is 5.91 Å². The van der Waals surface area contributed by atoms with Crippen molar-refractivity contribution in [3.8, 4) is 17.0 Å². The lowest BCUT2D eigenvalue weighted by atomic mass is 10.0. The fraction of sp³-hybridized carbons (Fsp3) is 0.345. The minimum absolute atomic E-state index is 0.219. The first-order valence-corrected chi connectivity index (χ1v) is 13.5. The zero-order valence-corrected chi connectivity index (χ0v) is 23.1. The molecule has 4 aromatic heterocycles. The highest BCUT2D eigenvalue weighted by molar-refractivity contribution is 6.07. The fourth-order valence-corrected chi connectivity index (χ4v) is 5.60. The van der Waals surface area contributed by atoms with Crippen LogP contribution in [0.4, 0.5) is 11.5 Å². The molecule has 0 atom stereocenters. The van der Waals surface area contributed by atoms with Crippen LogP contribution in [-0.4, -0.2) is 66.3 Å². The second-order valence-electron chi connectivity index (χ2n) is 10.5. The van der Waals surface area contributed by atoms with Crippen molar-refractivity contribution < 1.29 is 9.53 Å². The Labute approximate surface area is 232 Å². The number of fused-ring (bicyclic) bond motifs is 2. The largest absolute Gasteiger partial charge is 0.495 e. The molecule has 6 rings (SSSR count). The minimum Gasteiger partial charge on any atom is -0.495 e. The zero-order chi connectivity index (χ0) is 28.0. The molecule has 0 bridgehead atoms. The molecule has 1 aromatic carbocycles. The molecule has 5 aromatic rings. The van der Waals surface area contributed by atoms with E-state index in [4.69, 9.17) is 15.6 Å². The van der Waals surface area contributed by atoms with Crippen LogP contribution in [0.1, 0.15) is 43.2 Å². The molecule has 1 aliphatic heterocycles. The van der Waals surface area contributed by atoms with Crippen LogP contribution in [0.5, 0.6) is 5.75 Å². The van der Waals surface area contributed by atoms with Crippen molar-refractivity contribution in [2.75, 3.05) is 31.2 Å². The Morgan fingerprint density at radius 2 is 1.93 bits per heavy atom. The molecular weight excluding hydrogens is 506 g/mol. The number of benzene rings is 1. The van der Waals surface area contributed by atoms with Crippen molar-refractivity contribution >= 4 is 39.5 Å². The van der Waals surface area contributed by atoms with Crippen molar-refractivity contribution in [1.82, 2.24) is 34.2 Å². The quantitative estimate of drug-likeness (QED) is 0.327. The molecule has 0 saturated carbocycles. The second kappa shape index (κ2) is 10.2.